The maximum Gasteiger partial charge on any atom is 0.241 e. The molecule has 6 nitrogen and oxygen atoms in total. The molecule has 3 heterocycles. The number of nitrogens with two attached hydrogens (primary N) is 1. The third-order valence-electron chi connectivity index (χ3n) is 4.14. The van der Waals surface area contributed by atoms with Crippen LogP contribution in [0, 0.1) is 0 Å². The van der Waals surface area contributed by atoms with Crippen LogP contribution < -0.4 is 11.1 Å². The van der Waals surface area contributed by atoms with Crippen molar-refractivity contribution in [3.8, 4) is 0 Å². The van der Waals surface area contributed by atoms with Gasteiger partial charge >= 0.3 is 0 Å². The van der Waals surface area contributed by atoms with E-state index in [0.717, 1.165) is 19.4 Å². The lowest BCUT2D eigenvalue weighted by Crippen LogP contribution is -2.48. The third-order valence-corrected chi connectivity index (χ3v) is 4.14. The molecular weight excluding hydrogens is 242 g/mol. The summed E-state index contributed by atoms with van der Waals surface area (Å²) in [6.45, 7) is 2.60. The van der Waals surface area contributed by atoms with E-state index in [9.17, 15) is 4.79 Å². The molecule has 2 saturated heterocycles. The molecule has 0 aliphatic carbocycles. The van der Waals surface area contributed by atoms with Crippen molar-refractivity contribution in [3.05, 3.63) is 12.4 Å². The van der Waals surface area contributed by atoms with E-state index in [4.69, 9.17) is 5.73 Å². The van der Waals surface area contributed by atoms with Crippen LogP contribution >= 0.6 is 0 Å². The molecular formula is C13H21N5O. The number of carbonyl (C=O) groups is 1. The molecule has 2 aliphatic rings. The van der Waals surface area contributed by atoms with Gasteiger partial charge in [0.15, 0.2) is 0 Å². The molecule has 2 unspecified atom stereocenters. The smallest absolute Gasteiger partial charge is 0.241 e. The Bertz CT molecular complexity index is 458. The van der Waals surface area contributed by atoms with E-state index in [2.05, 4.69) is 15.3 Å². The van der Waals surface area contributed by atoms with Crippen molar-refractivity contribution in [1.29, 1.82) is 0 Å². The molecule has 3 rings (SSSR count). The topological polar surface area (TPSA) is 76.2 Å². The molecule has 1 amide bonds. The van der Waals surface area contributed by atoms with Crippen molar-refractivity contribution in [2.75, 3.05) is 18.8 Å². The van der Waals surface area contributed by atoms with Crippen LogP contribution in [-0.2, 0) is 11.3 Å². The van der Waals surface area contributed by atoms with Gasteiger partial charge in [-0.3, -0.25) is 9.48 Å². The number of anilines is 1. The van der Waals surface area contributed by atoms with E-state index in [1.54, 1.807) is 17.1 Å². The van der Waals surface area contributed by atoms with Gasteiger partial charge in [-0.2, -0.15) is 5.10 Å². The van der Waals surface area contributed by atoms with Gasteiger partial charge in [0.2, 0.25) is 5.91 Å². The summed E-state index contributed by atoms with van der Waals surface area (Å²) in [5, 5.41) is 7.15. The van der Waals surface area contributed by atoms with Crippen LogP contribution in [0.15, 0.2) is 12.4 Å². The van der Waals surface area contributed by atoms with Gasteiger partial charge in [0.25, 0.3) is 0 Å². The Morgan fingerprint density at radius 2 is 2.37 bits per heavy atom. The minimum atomic E-state index is 0.0274. The van der Waals surface area contributed by atoms with E-state index < -0.39 is 0 Å². The van der Waals surface area contributed by atoms with Crippen LogP contribution in [-0.4, -0.2) is 45.8 Å². The van der Waals surface area contributed by atoms with Gasteiger partial charge in [0.05, 0.1) is 11.9 Å². The minimum absolute atomic E-state index is 0.0274. The maximum atomic E-state index is 12.0. The van der Waals surface area contributed by atoms with Crippen molar-refractivity contribution in [1.82, 2.24) is 20.0 Å². The first-order chi connectivity index (χ1) is 9.20. The fourth-order valence-corrected chi connectivity index (χ4v) is 3.24. The minimum Gasteiger partial charge on any atom is -0.396 e. The van der Waals surface area contributed by atoms with Gasteiger partial charge in [-0.05, 0) is 32.2 Å². The number of hydrogen-bond donors (Lipinski definition) is 2. The molecule has 0 radical (unpaired) electrons. The van der Waals surface area contributed by atoms with E-state index in [-0.39, 0.29) is 12.5 Å². The average Bonchev–Trinajstić information content (AvgIpc) is 2.97. The Kier molecular flexibility index (Phi) is 3.42. The molecule has 6 heteroatoms. The predicted molar refractivity (Wildman–Crippen MR) is 72.4 cm³/mol. The van der Waals surface area contributed by atoms with Crippen LogP contribution in [0.25, 0.3) is 0 Å². The summed E-state index contributed by atoms with van der Waals surface area (Å²) in [4.78, 5) is 14.5. The zero-order valence-electron chi connectivity index (χ0n) is 11.1. The van der Waals surface area contributed by atoms with Crippen LogP contribution in [0.3, 0.4) is 0 Å². The number of nitrogens with zero attached hydrogens (tertiary/aromatic N) is 3. The Balaban J connectivity index is 1.49. The van der Waals surface area contributed by atoms with Gasteiger partial charge in [-0.1, -0.05) is 0 Å². The largest absolute Gasteiger partial charge is 0.396 e. The third kappa shape index (κ3) is 2.89. The van der Waals surface area contributed by atoms with Gasteiger partial charge < -0.3 is 16.0 Å². The molecule has 2 fully saturated rings. The zero-order chi connectivity index (χ0) is 13.2. The number of nitrogen functional groups attached to an aromatic ring is 1. The number of nitrogens with one attached hydrogen (secondary N) is 1. The Hall–Kier alpha value is -1.56. The number of hydrogen-bond acceptors (Lipinski definition) is 4. The molecule has 0 bridgehead atoms. The number of piperidine rings is 1. The van der Waals surface area contributed by atoms with E-state index >= 15 is 0 Å². The molecule has 1 aromatic heterocycles. The summed E-state index contributed by atoms with van der Waals surface area (Å²) < 4.78 is 1.58. The van der Waals surface area contributed by atoms with Gasteiger partial charge in [-0.25, -0.2) is 0 Å². The molecule has 0 spiro atoms. The first kappa shape index (κ1) is 12.5. The Morgan fingerprint density at radius 1 is 1.47 bits per heavy atom. The lowest BCUT2D eigenvalue weighted by atomic mass is 9.97. The second kappa shape index (κ2) is 5.21. The summed E-state index contributed by atoms with van der Waals surface area (Å²) in [6.07, 6.45) is 7.97. The number of rotatable bonds is 3. The van der Waals surface area contributed by atoms with Gasteiger partial charge in [0, 0.05) is 24.8 Å². The SMILES string of the molecule is Nc1cnn(CC(=O)NC2CCN3CCCC3C2)c1. The van der Waals surface area contributed by atoms with Crippen molar-refractivity contribution < 1.29 is 4.79 Å². The normalized spacial score (nSPS) is 27.2. The fourth-order valence-electron chi connectivity index (χ4n) is 3.24. The number of aromatic nitrogens is 2. The second-order valence-electron chi connectivity index (χ2n) is 5.59. The molecule has 2 atom stereocenters. The molecule has 0 saturated carbocycles. The standard InChI is InChI=1S/C13H21N5O/c14-10-7-15-18(8-10)9-13(19)16-11-3-5-17-4-1-2-12(17)6-11/h7-8,11-12H,1-6,9,14H2,(H,16,19). The van der Waals surface area contributed by atoms with Crippen LogP contribution in [0.1, 0.15) is 25.7 Å². The molecule has 104 valence electrons. The highest BCUT2D eigenvalue weighted by molar-refractivity contribution is 5.76. The van der Waals surface area contributed by atoms with Gasteiger partial charge in [0.1, 0.15) is 6.54 Å². The first-order valence-corrected chi connectivity index (χ1v) is 7.02. The summed E-state index contributed by atoms with van der Waals surface area (Å²) in [5.74, 6) is 0.0274. The van der Waals surface area contributed by atoms with Crippen LogP contribution in [0.5, 0.6) is 0 Å². The van der Waals surface area contributed by atoms with Crippen LogP contribution in [0.4, 0.5) is 5.69 Å². The van der Waals surface area contributed by atoms with E-state index in [0.29, 0.717) is 17.8 Å². The van der Waals surface area contributed by atoms with E-state index in [1.165, 1.54) is 19.4 Å². The summed E-state index contributed by atoms with van der Waals surface area (Å²) in [6, 6.07) is 0.999. The molecule has 0 aromatic carbocycles. The van der Waals surface area contributed by atoms with Crippen molar-refractivity contribution >= 4 is 11.6 Å². The van der Waals surface area contributed by atoms with Crippen molar-refractivity contribution in [2.45, 2.75) is 44.3 Å². The Labute approximate surface area is 112 Å². The number of fused-ring (bicyclic) bond motifs is 1. The van der Waals surface area contributed by atoms with Crippen LogP contribution in [0.2, 0.25) is 0 Å². The molecule has 1 aromatic rings. The Morgan fingerprint density at radius 3 is 3.16 bits per heavy atom. The van der Waals surface area contributed by atoms with E-state index in [1.807, 2.05) is 0 Å². The monoisotopic (exact) mass is 263 g/mol. The quantitative estimate of drug-likeness (QED) is 0.817. The molecule has 3 N–H and O–H groups in total. The summed E-state index contributed by atoms with van der Waals surface area (Å²) in [7, 11) is 0. The lowest BCUT2D eigenvalue weighted by Gasteiger charge is -2.35. The van der Waals surface area contributed by atoms with Crippen molar-refractivity contribution in [2.24, 2.45) is 0 Å². The van der Waals surface area contributed by atoms with Gasteiger partial charge in [-0.15, -0.1) is 0 Å². The summed E-state index contributed by atoms with van der Waals surface area (Å²) >= 11 is 0. The molecule has 2 aliphatic heterocycles. The van der Waals surface area contributed by atoms with Crippen molar-refractivity contribution in [3.63, 3.8) is 0 Å². The number of carbonyl (C=O) groups excluding carboxylic acids is 1. The highest BCUT2D eigenvalue weighted by Crippen LogP contribution is 2.26. The number of amides is 1. The summed E-state index contributed by atoms with van der Waals surface area (Å²) in [5.41, 5.74) is 6.17. The highest BCUT2D eigenvalue weighted by Gasteiger charge is 2.32. The lowest BCUT2D eigenvalue weighted by molar-refractivity contribution is -0.123. The highest BCUT2D eigenvalue weighted by atomic mass is 16.2. The first-order valence-electron chi connectivity index (χ1n) is 7.02. The molecule has 19 heavy (non-hydrogen) atoms. The predicted octanol–water partition coefficient (Wildman–Crippen LogP) is 0.208. The fraction of sp³-hybridized carbons (Fsp3) is 0.692. The average molecular weight is 263 g/mol. The zero-order valence-corrected chi connectivity index (χ0v) is 11.1. The maximum absolute atomic E-state index is 12.0. The second-order valence-corrected chi connectivity index (χ2v) is 5.59.